The van der Waals surface area contributed by atoms with Crippen LogP contribution in [0.1, 0.15) is 39.4 Å². The fraction of sp³-hybridized carbons (Fsp3) is 0.294. The largest absolute Gasteiger partial charge is 0.320 e. The van der Waals surface area contributed by atoms with Gasteiger partial charge in [0.05, 0.1) is 6.04 Å². The fourth-order valence-corrected chi connectivity index (χ4v) is 2.63. The summed E-state index contributed by atoms with van der Waals surface area (Å²) >= 11 is 6.19. The molecule has 1 atom stereocenters. The van der Waals surface area contributed by atoms with E-state index in [0.717, 1.165) is 16.1 Å². The number of benzene rings is 2. The molecule has 0 aliphatic heterocycles. The molecule has 0 aliphatic rings. The maximum Gasteiger partial charge on any atom is 0.0557 e. The van der Waals surface area contributed by atoms with Crippen molar-refractivity contribution in [2.24, 2.45) is 5.73 Å². The van der Waals surface area contributed by atoms with Crippen LogP contribution in [0.25, 0.3) is 0 Å². The Bertz CT molecular complexity index is 617. The minimum absolute atomic E-state index is 0.127. The van der Waals surface area contributed by atoms with Crippen molar-refractivity contribution in [1.82, 2.24) is 0 Å². The summed E-state index contributed by atoms with van der Waals surface area (Å²) < 4.78 is 0. The molecule has 2 aromatic rings. The van der Waals surface area contributed by atoms with Gasteiger partial charge in [-0.2, -0.15) is 0 Å². The van der Waals surface area contributed by atoms with Crippen LogP contribution in [0.15, 0.2) is 30.3 Å². The first-order valence-corrected chi connectivity index (χ1v) is 6.88. The molecule has 0 fully saturated rings. The number of hydrogen-bond acceptors (Lipinski definition) is 1. The third-order valence-corrected chi connectivity index (χ3v) is 4.27. The molecule has 2 N–H and O–H groups in total. The lowest BCUT2D eigenvalue weighted by Crippen LogP contribution is -2.15. The fourth-order valence-electron chi connectivity index (χ4n) is 2.45. The van der Waals surface area contributed by atoms with Crippen LogP contribution in [0.5, 0.6) is 0 Å². The average Bonchev–Trinajstić information content (AvgIpc) is 2.36. The molecular weight excluding hydrogens is 254 g/mol. The molecule has 1 unspecified atom stereocenters. The van der Waals surface area contributed by atoms with E-state index in [1.807, 2.05) is 19.1 Å². The van der Waals surface area contributed by atoms with E-state index >= 15 is 0 Å². The third kappa shape index (κ3) is 2.68. The lowest BCUT2D eigenvalue weighted by atomic mass is 9.90. The molecule has 19 heavy (non-hydrogen) atoms. The summed E-state index contributed by atoms with van der Waals surface area (Å²) in [5.41, 5.74) is 13.6. The lowest BCUT2D eigenvalue weighted by Gasteiger charge is -2.19. The van der Waals surface area contributed by atoms with Crippen molar-refractivity contribution < 1.29 is 0 Å². The predicted molar refractivity (Wildman–Crippen MR) is 82.9 cm³/mol. The topological polar surface area (TPSA) is 26.0 Å². The Balaban J connectivity index is 2.53. The number of rotatable bonds is 2. The van der Waals surface area contributed by atoms with Crippen molar-refractivity contribution in [3.05, 3.63) is 68.7 Å². The zero-order valence-corrected chi connectivity index (χ0v) is 12.7. The Morgan fingerprint density at radius 2 is 1.53 bits per heavy atom. The molecule has 0 bridgehead atoms. The van der Waals surface area contributed by atoms with Crippen molar-refractivity contribution in [2.45, 2.75) is 33.7 Å². The monoisotopic (exact) mass is 273 g/mol. The van der Waals surface area contributed by atoms with Gasteiger partial charge in [-0.15, -0.1) is 0 Å². The van der Waals surface area contributed by atoms with Gasteiger partial charge in [-0.1, -0.05) is 35.9 Å². The van der Waals surface area contributed by atoms with E-state index in [-0.39, 0.29) is 6.04 Å². The third-order valence-electron chi connectivity index (χ3n) is 3.86. The Kier molecular flexibility index (Phi) is 3.98. The molecule has 0 aromatic heterocycles. The quantitative estimate of drug-likeness (QED) is 0.849. The van der Waals surface area contributed by atoms with Crippen LogP contribution in [0.4, 0.5) is 0 Å². The summed E-state index contributed by atoms with van der Waals surface area (Å²) in [5.74, 6) is 0. The standard InChI is InChI=1S/C17H20ClN/c1-10-8-12(3)15(9-11(10)2)17(19)14-6-5-7-16(18)13(14)4/h5-9,17H,19H2,1-4H3. The lowest BCUT2D eigenvalue weighted by molar-refractivity contribution is 0.849. The average molecular weight is 274 g/mol. The van der Waals surface area contributed by atoms with Crippen molar-refractivity contribution in [3.8, 4) is 0 Å². The Morgan fingerprint density at radius 1 is 0.895 bits per heavy atom. The first-order valence-electron chi connectivity index (χ1n) is 6.50. The summed E-state index contributed by atoms with van der Waals surface area (Å²) in [6.45, 7) is 8.38. The highest BCUT2D eigenvalue weighted by Gasteiger charge is 2.15. The minimum atomic E-state index is -0.127. The van der Waals surface area contributed by atoms with Gasteiger partial charge in [0, 0.05) is 5.02 Å². The summed E-state index contributed by atoms with van der Waals surface area (Å²) in [7, 11) is 0. The van der Waals surface area contributed by atoms with Crippen LogP contribution in [0.2, 0.25) is 5.02 Å². The van der Waals surface area contributed by atoms with Crippen LogP contribution in [0.3, 0.4) is 0 Å². The maximum atomic E-state index is 6.45. The van der Waals surface area contributed by atoms with Gasteiger partial charge >= 0.3 is 0 Å². The van der Waals surface area contributed by atoms with E-state index in [1.54, 1.807) is 0 Å². The van der Waals surface area contributed by atoms with Crippen LogP contribution in [-0.2, 0) is 0 Å². The summed E-state index contributed by atoms with van der Waals surface area (Å²) in [6.07, 6.45) is 0. The molecule has 0 saturated carbocycles. The van der Waals surface area contributed by atoms with Crippen LogP contribution in [-0.4, -0.2) is 0 Å². The molecule has 0 saturated heterocycles. The molecule has 0 amide bonds. The maximum absolute atomic E-state index is 6.45. The highest BCUT2D eigenvalue weighted by Crippen LogP contribution is 2.30. The van der Waals surface area contributed by atoms with Gasteiger partial charge in [0.15, 0.2) is 0 Å². The zero-order valence-electron chi connectivity index (χ0n) is 11.9. The van der Waals surface area contributed by atoms with Crippen LogP contribution in [0, 0.1) is 27.7 Å². The number of halogens is 1. The van der Waals surface area contributed by atoms with Gasteiger partial charge in [-0.25, -0.2) is 0 Å². The molecule has 2 rings (SSSR count). The highest BCUT2D eigenvalue weighted by atomic mass is 35.5. The minimum Gasteiger partial charge on any atom is -0.320 e. The van der Waals surface area contributed by atoms with Gasteiger partial charge in [0.25, 0.3) is 0 Å². The van der Waals surface area contributed by atoms with Crippen molar-refractivity contribution in [3.63, 3.8) is 0 Å². The molecule has 0 spiro atoms. The summed E-state index contributed by atoms with van der Waals surface area (Å²) in [5, 5.41) is 0.773. The first kappa shape index (κ1) is 14.1. The van der Waals surface area contributed by atoms with Gasteiger partial charge < -0.3 is 5.73 Å². The van der Waals surface area contributed by atoms with Crippen molar-refractivity contribution >= 4 is 11.6 Å². The molecule has 2 heteroatoms. The molecular formula is C17H20ClN. The number of nitrogens with two attached hydrogens (primary N) is 1. The second-order valence-electron chi connectivity index (χ2n) is 5.22. The number of aryl methyl sites for hydroxylation is 3. The molecule has 100 valence electrons. The van der Waals surface area contributed by atoms with E-state index in [2.05, 4.69) is 39.0 Å². The SMILES string of the molecule is Cc1cc(C)c(C(N)c2cccc(Cl)c2C)cc1C. The normalized spacial score (nSPS) is 12.5. The molecule has 2 aromatic carbocycles. The Hall–Kier alpha value is -1.31. The smallest absolute Gasteiger partial charge is 0.0557 e. The zero-order chi connectivity index (χ0) is 14.2. The van der Waals surface area contributed by atoms with E-state index in [0.29, 0.717) is 0 Å². The molecule has 0 radical (unpaired) electrons. The van der Waals surface area contributed by atoms with E-state index < -0.39 is 0 Å². The first-order chi connectivity index (χ1) is 8.91. The van der Waals surface area contributed by atoms with Crippen molar-refractivity contribution in [2.75, 3.05) is 0 Å². The van der Waals surface area contributed by atoms with Crippen molar-refractivity contribution in [1.29, 1.82) is 0 Å². The number of hydrogen-bond donors (Lipinski definition) is 1. The van der Waals surface area contributed by atoms with Crippen LogP contribution < -0.4 is 5.73 Å². The van der Waals surface area contributed by atoms with E-state index in [4.69, 9.17) is 17.3 Å². The van der Waals surface area contributed by atoms with E-state index in [1.165, 1.54) is 22.3 Å². The van der Waals surface area contributed by atoms with Gasteiger partial charge in [-0.05, 0) is 67.1 Å². The molecule has 1 nitrogen and oxygen atoms in total. The van der Waals surface area contributed by atoms with Gasteiger partial charge in [-0.3, -0.25) is 0 Å². The van der Waals surface area contributed by atoms with Crippen LogP contribution >= 0.6 is 11.6 Å². The van der Waals surface area contributed by atoms with Gasteiger partial charge in [0.2, 0.25) is 0 Å². The summed E-state index contributed by atoms with van der Waals surface area (Å²) in [6, 6.07) is 10.2. The predicted octanol–water partition coefficient (Wildman–Crippen LogP) is 4.62. The second kappa shape index (κ2) is 5.36. The Labute approximate surface area is 120 Å². The summed E-state index contributed by atoms with van der Waals surface area (Å²) in [4.78, 5) is 0. The van der Waals surface area contributed by atoms with Gasteiger partial charge in [0.1, 0.15) is 0 Å². The Morgan fingerprint density at radius 3 is 2.21 bits per heavy atom. The second-order valence-corrected chi connectivity index (χ2v) is 5.63. The highest BCUT2D eigenvalue weighted by molar-refractivity contribution is 6.31. The van der Waals surface area contributed by atoms with E-state index in [9.17, 15) is 0 Å². The molecule has 0 aliphatic carbocycles. The molecule has 0 heterocycles.